The Labute approximate surface area is 114 Å². The van der Waals surface area contributed by atoms with Crippen molar-refractivity contribution in [3.8, 4) is 11.3 Å². The molecule has 1 N–H and O–H groups in total. The fourth-order valence-electron chi connectivity index (χ4n) is 2.17. The van der Waals surface area contributed by atoms with Gasteiger partial charge in [0.2, 0.25) is 0 Å². The zero-order valence-electron chi connectivity index (χ0n) is 11.0. The molecule has 2 heterocycles. The van der Waals surface area contributed by atoms with Gasteiger partial charge < -0.3 is 5.11 Å². The normalized spacial score (nSPS) is 10.9. The number of hydrogen-bond acceptors (Lipinski definition) is 4. The Morgan fingerprint density at radius 2 is 1.95 bits per heavy atom. The number of carboxylic acids is 1. The molecule has 0 spiro atoms. The molecule has 1 aromatic carbocycles. The lowest BCUT2D eigenvalue weighted by Crippen LogP contribution is -2.06. The second kappa shape index (κ2) is 4.41. The Hall–Kier alpha value is -2.76. The first-order chi connectivity index (χ1) is 9.56. The number of fused-ring (bicyclic) bond motifs is 1. The molecule has 0 aliphatic heterocycles. The van der Waals surface area contributed by atoms with E-state index in [1.165, 1.54) is 10.1 Å². The molecule has 0 radical (unpaired) electrons. The summed E-state index contributed by atoms with van der Waals surface area (Å²) in [5.74, 6) is -1.34. The lowest BCUT2D eigenvalue weighted by Gasteiger charge is -2.06. The first kappa shape index (κ1) is 12.3. The number of nitrogens with zero attached hydrogens (tertiary/aromatic N) is 4. The van der Waals surface area contributed by atoms with Gasteiger partial charge in [-0.25, -0.2) is 4.79 Å². The summed E-state index contributed by atoms with van der Waals surface area (Å²) in [6, 6.07) is 9.56. The van der Waals surface area contributed by atoms with Crippen LogP contribution in [0.15, 0.2) is 30.3 Å². The van der Waals surface area contributed by atoms with Crippen LogP contribution in [0, 0.1) is 13.8 Å². The zero-order chi connectivity index (χ0) is 14.3. The van der Waals surface area contributed by atoms with Crippen LogP contribution < -0.4 is 0 Å². The van der Waals surface area contributed by atoms with Gasteiger partial charge in [-0.15, -0.1) is 10.2 Å². The number of rotatable bonds is 2. The van der Waals surface area contributed by atoms with E-state index in [0.717, 1.165) is 11.1 Å². The number of hydrogen-bond donors (Lipinski definition) is 1. The van der Waals surface area contributed by atoms with Gasteiger partial charge in [-0.3, -0.25) is 0 Å². The Balaban J connectivity index is 2.21. The molecule has 0 atom stereocenters. The highest BCUT2D eigenvalue weighted by Crippen LogP contribution is 2.22. The quantitative estimate of drug-likeness (QED) is 0.769. The summed E-state index contributed by atoms with van der Waals surface area (Å²) in [5.41, 5.74) is 4.32. The van der Waals surface area contributed by atoms with Crippen molar-refractivity contribution in [3.05, 3.63) is 47.3 Å². The van der Waals surface area contributed by atoms with Crippen LogP contribution in [0.3, 0.4) is 0 Å². The number of aryl methyl sites for hydroxylation is 2. The molecule has 2 aromatic heterocycles. The molecule has 100 valence electrons. The maximum atomic E-state index is 11.1. The number of aromatic nitrogens is 4. The van der Waals surface area contributed by atoms with Crippen LogP contribution in [0.25, 0.3) is 16.9 Å². The average Bonchev–Trinajstić information content (AvgIpc) is 2.81. The summed E-state index contributed by atoms with van der Waals surface area (Å²) >= 11 is 0. The van der Waals surface area contributed by atoms with Crippen molar-refractivity contribution in [2.45, 2.75) is 13.8 Å². The van der Waals surface area contributed by atoms with Gasteiger partial charge in [-0.1, -0.05) is 23.8 Å². The van der Waals surface area contributed by atoms with Crippen molar-refractivity contribution in [1.29, 1.82) is 0 Å². The minimum absolute atomic E-state index is 0.188. The molecule has 0 amide bonds. The fraction of sp³-hybridized carbons (Fsp3) is 0.143. The first-order valence-electron chi connectivity index (χ1n) is 6.09. The summed E-state index contributed by atoms with van der Waals surface area (Å²) in [6.45, 7) is 4.02. The second-order valence-electron chi connectivity index (χ2n) is 4.64. The van der Waals surface area contributed by atoms with E-state index in [4.69, 9.17) is 5.11 Å². The maximum Gasteiger partial charge on any atom is 0.375 e. The Morgan fingerprint density at radius 1 is 1.15 bits per heavy atom. The molecule has 0 fully saturated rings. The smallest absolute Gasteiger partial charge is 0.375 e. The summed E-state index contributed by atoms with van der Waals surface area (Å²) in [4.78, 5) is 11.1. The molecule has 0 aliphatic carbocycles. The zero-order valence-corrected chi connectivity index (χ0v) is 11.0. The monoisotopic (exact) mass is 268 g/mol. The highest BCUT2D eigenvalue weighted by Gasteiger charge is 2.15. The van der Waals surface area contributed by atoms with Crippen LogP contribution in [0.4, 0.5) is 0 Å². The van der Waals surface area contributed by atoms with Crippen molar-refractivity contribution >= 4 is 11.6 Å². The van der Waals surface area contributed by atoms with E-state index in [0.29, 0.717) is 11.3 Å². The molecule has 6 heteroatoms. The lowest BCUT2D eigenvalue weighted by molar-refractivity contribution is 0.0680. The summed E-state index contributed by atoms with van der Waals surface area (Å²) in [5, 5.41) is 20.8. The summed E-state index contributed by atoms with van der Waals surface area (Å²) in [6.07, 6.45) is 0. The van der Waals surface area contributed by atoms with Gasteiger partial charge in [0, 0.05) is 5.56 Å². The van der Waals surface area contributed by atoms with Crippen molar-refractivity contribution < 1.29 is 9.90 Å². The SMILES string of the molecule is Cc1ccc(-c2ccc3nnc(C(=O)O)n3n2)c(C)c1. The van der Waals surface area contributed by atoms with Crippen LogP contribution in [-0.2, 0) is 0 Å². The molecule has 0 saturated heterocycles. The van der Waals surface area contributed by atoms with Gasteiger partial charge in [-0.2, -0.15) is 9.61 Å². The van der Waals surface area contributed by atoms with Crippen LogP contribution in [0.2, 0.25) is 0 Å². The molecular formula is C14H12N4O2. The van der Waals surface area contributed by atoms with E-state index in [1.807, 2.05) is 32.0 Å². The van der Waals surface area contributed by atoms with Crippen LogP contribution in [0.5, 0.6) is 0 Å². The predicted molar refractivity (Wildman–Crippen MR) is 72.7 cm³/mol. The number of carbonyl (C=O) groups is 1. The minimum atomic E-state index is -1.15. The van der Waals surface area contributed by atoms with E-state index >= 15 is 0 Å². The second-order valence-corrected chi connectivity index (χ2v) is 4.64. The number of benzene rings is 1. The van der Waals surface area contributed by atoms with E-state index in [2.05, 4.69) is 21.4 Å². The summed E-state index contributed by atoms with van der Waals surface area (Å²) in [7, 11) is 0. The van der Waals surface area contributed by atoms with Crippen LogP contribution in [-0.4, -0.2) is 30.9 Å². The van der Waals surface area contributed by atoms with Gasteiger partial charge >= 0.3 is 5.97 Å². The van der Waals surface area contributed by atoms with E-state index < -0.39 is 5.97 Å². The van der Waals surface area contributed by atoms with E-state index in [9.17, 15) is 4.79 Å². The summed E-state index contributed by atoms with van der Waals surface area (Å²) < 4.78 is 1.25. The highest BCUT2D eigenvalue weighted by molar-refractivity contribution is 5.84. The molecule has 20 heavy (non-hydrogen) atoms. The Morgan fingerprint density at radius 3 is 2.65 bits per heavy atom. The van der Waals surface area contributed by atoms with Crippen molar-refractivity contribution in [1.82, 2.24) is 19.8 Å². The van der Waals surface area contributed by atoms with E-state index in [-0.39, 0.29) is 5.82 Å². The predicted octanol–water partition coefficient (Wildman–Crippen LogP) is 2.11. The van der Waals surface area contributed by atoms with Gasteiger partial charge in [0.15, 0.2) is 5.65 Å². The molecule has 6 nitrogen and oxygen atoms in total. The average molecular weight is 268 g/mol. The Bertz CT molecular complexity index is 823. The molecule has 3 aromatic rings. The minimum Gasteiger partial charge on any atom is -0.475 e. The third-order valence-corrected chi connectivity index (χ3v) is 3.11. The van der Waals surface area contributed by atoms with E-state index in [1.54, 1.807) is 6.07 Å². The third kappa shape index (κ3) is 1.91. The largest absolute Gasteiger partial charge is 0.475 e. The van der Waals surface area contributed by atoms with Gasteiger partial charge in [0.25, 0.3) is 5.82 Å². The topological polar surface area (TPSA) is 80.4 Å². The van der Waals surface area contributed by atoms with Gasteiger partial charge in [0.1, 0.15) is 0 Å². The standard InChI is InChI=1S/C14H12N4O2/c1-8-3-4-10(9(2)7-8)11-5-6-12-15-16-13(14(19)20)18(12)17-11/h3-7H,1-2H3,(H,19,20). The molecule has 0 bridgehead atoms. The maximum absolute atomic E-state index is 11.1. The highest BCUT2D eigenvalue weighted by atomic mass is 16.4. The third-order valence-electron chi connectivity index (χ3n) is 3.11. The van der Waals surface area contributed by atoms with Crippen LogP contribution in [0.1, 0.15) is 21.7 Å². The molecule has 3 rings (SSSR count). The van der Waals surface area contributed by atoms with Crippen molar-refractivity contribution in [2.75, 3.05) is 0 Å². The first-order valence-corrected chi connectivity index (χ1v) is 6.09. The van der Waals surface area contributed by atoms with Crippen LogP contribution >= 0.6 is 0 Å². The van der Waals surface area contributed by atoms with Gasteiger partial charge in [-0.05, 0) is 31.5 Å². The molecular weight excluding hydrogens is 256 g/mol. The Kier molecular flexibility index (Phi) is 2.71. The molecule has 0 aliphatic rings. The molecule has 0 unspecified atom stereocenters. The van der Waals surface area contributed by atoms with Crippen molar-refractivity contribution in [3.63, 3.8) is 0 Å². The lowest BCUT2D eigenvalue weighted by atomic mass is 10.0. The fourth-order valence-corrected chi connectivity index (χ4v) is 2.17. The van der Waals surface area contributed by atoms with Gasteiger partial charge in [0.05, 0.1) is 5.69 Å². The molecule has 0 saturated carbocycles. The number of carboxylic acid groups (broad SMARTS) is 1. The number of aromatic carboxylic acids is 1. The van der Waals surface area contributed by atoms with Crippen molar-refractivity contribution in [2.24, 2.45) is 0 Å².